The van der Waals surface area contributed by atoms with Crippen LogP contribution >= 0.6 is 12.2 Å². The normalized spacial score (nSPS) is 10.3. The van der Waals surface area contributed by atoms with Crippen molar-refractivity contribution < 1.29 is 26.7 Å². The lowest BCUT2D eigenvalue weighted by molar-refractivity contribution is 0.0966. The predicted octanol–water partition coefficient (Wildman–Crippen LogP) is 2.90. The Labute approximate surface area is 131 Å². The first-order valence-electron chi connectivity index (χ1n) is 5.87. The van der Waals surface area contributed by atoms with Crippen molar-refractivity contribution in [3.8, 4) is 0 Å². The van der Waals surface area contributed by atoms with Crippen molar-refractivity contribution in [2.24, 2.45) is 0 Å². The SMILES string of the molecule is O=C(NC(=S)Nc1ccccn1)c1c(F)c(F)c(F)c(F)c1F. The van der Waals surface area contributed by atoms with Gasteiger partial charge in [-0.05, 0) is 24.4 Å². The number of carbonyl (C=O) groups is 1. The highest BCUT2D eigenvalue weighted by molar-refractivity contribution is 7.80. The Kier molecular flexibility index (Phi) is 4.84. The number of aromatic nitrogens is 1. The molecule has 0 unspecified atom stereocenters. The Hall–Kier alpha value is -2.62. The molecule has 1 aromatic heterocycles. The second-order valence-electron chi connectivity index (χ2n) is 4.07. The molecule has 0 spiro atoms. The van der Waals surface area contributed by atoms with Gasteiger partial charge in [-0.3, -0.25) is 10.1 Å². The second kappa shape index (κ2) is 6.65. The van der Waals surface area contributed by atoms with E-state index in [0.29, 0.717) is 0 Å². The van der Waals surface area contributed by atoms with Crippen molar-refractivity contribution >= 4 is 29.1 Å². The fourth-order valence-corrected chi connectivity index (χ4v) is 1.75. The molecule has 2 rings (SSSR count). The van der Waals surface area contributed by atoms with Crippen LogP contribution in [0.4, 0.5) is 27.8 Å². The van der Waals surface area contributed by atoms with Crippen molar-refractivity contribution in [3.05, 3.63) is 59.0 Å². The monoisotopic (exact) mass is 347 g/mol. The van der Waals surface area contributed by atoms with Gasteiger partial charge in [-0.2, -0.15) is 0 Å². The van der Waals surface area contributed by atoms with Crippen LogP contribution in [0.1, 0.15) is 10.4 Å². The van der Waals surface area contributed by atoms with Gasteiger partial charge in [0, 0.05) is 6.20 Å². The molecule has 1 amide bonds. The minimum Gasteiger partial charge on any atom is -0.317 e. The Morgan fingerprint density at radius 1 is 0.957 bits per heavy atom. The van der Waals surface area contributed by atoms with Crippen molar-refractivity contribution in [3.63, 3.8) is 0 Å². The molecule has 1 heterocycles. The van der Waals surface area contributed by atoms with Gasteiger partial charge in [-0.1, -0.05) is 6.07 Å². The highest BCUT2D eigenvalue weighted by Crippen LogP contribution is 2.22. The summed E-state index contributed by atoms with van der Waals surface area (Å²) < 4.78 is 65.9. The molecule has 2 aromatic rings. The number of pyridine rings is 1. The van der Waals surface area contributed by atoms with Crippen molar-refractivity contribution in [2.75, 3.05) is 5.32 Å². The summed E-state index contributed by atoms with van der Waals surface area (Å²) in [6, 6.07) is 4.66. The molecule has 0 aliphatic heterocycles. The first-order chi connectivity index (χ1) is 10.8. The van der Waals surface area contributed by atoms with Crippen molar-refractivity contribution in [1.82, 2.24) is 10.3 Å². The van der Waals surface area contributed by atoms with Crippen LogP contribution in [0.3, 0.4) is 0 Å². The average molecular weight is 347 g/mol. The van der Waals surface area contributed by atoms with Gasteiger partial charge in [-0.25, -0.2) is 26.9 Å². The lowest BCUT2D eigenvalue weighted by Gasteiger charge is -2.10. The van der Waals surface area contributed by atoms with E-state index >= 15 is 0 Å². The van der Waals surface area contributed by atoms with Crippen LogP contribution < -0.4 is 10.6 Å². The van der Waals surface area contributed by atoms with Crippen LogP contribution in [-0.2, 0) is 0 Å². The van der Waals surface area contributed by atoms with E-state index in [-0.39, 0.29) is 5.82 Å². The van der Waals surface area contributed by atoms with Gasteiger partial charge in [0.2, 0.25) is 5.82 Å². The molecule has 0 radical (unpaired) electrons. The quantitative estimate of drug-likeness (QED) is 0.380. The summed E-state index contributed by atoms with van der Waals surface area (Å²) in [4.78, 5) is 15.5. The fourth-order valence-electron chi connectivity index (χ4n) is 1.55. The number of thiocarbonyl (C=S) groups is 1. The molecule has 23 heavy (non-hydrogen) atoms. The van der Waals surface area contributed by atoms with Crippen LogP contribution in [0.15, 0.2) is 24.4 Å². The summed E-state index contributed by atoms with van der Waals surface area (Å²) >= 11 is 4.70. The van der Waals surface area contributed by atoms with E-state index in [0.717, 1.165) is 0 Å². The Bertz CT molecular complexity index is 756. The standard InChI is InChI=1S/C13H6F5N3OS/c14-7-6(8(15)10(17)11(18)9(7)16)12(22)21-13(23)20-5-3-1-2-4-19-5/h1-4H,(H2,19,20,21,22,23). The fraction of sp³-hybridized carbons (Fsp3) is 0. The van der Waals surface area contributed by atoms with Crippen LogP contribution in [0.2, 0.25) is 0 Å². The maximum absolute atomic E-state index is 13.5. The number of halogens is 5. The molecule has 0 fully saturated rings. The molecule has 10 heteroatoms. The van der Waals surface area contributed by atoms with E-state index < -0.39 is 45.7 Å². The number of rotatable bonds is 2. The summed E-state index contributed by atoms with van der Waals surface area (Å²) in [6.45, 7) is 0. The average Bonchev–Trinajstić information content (AvgIpc) is 2.52. The summed E-state index contributed by atoms with van der Waals surface area (Å²) in [5.41, 5.74) is -1.63. The van der Waals surface area contributed by atoms with E-state index in [4.69, 9.17) is 12.2 Å². The van der Waals surface area contributed by atoms with E-state index in [2.05, 4.69) is 10.3 Å². The van der Waals surface area contributed by atoms with Crippen LogP contribution in [0.5, 0.6) is 0 Å². The largest absolute Gasteiger partial charge is 0.317 e. The molecule has 4 nitrogen and oxygen atoms in total. The Morgan fingerprint density at radius 3 is 2.04 bits per heavy atom. The molecule has 120 valence electrons. The van der Waals surface area contributed by atoms with Gasteiger partial charge in [0.25, 0.3) is 5.91 Å². The number of hydrogen-bond donors (Lipinski definition) is 2. The minimum atomic E-state index is -2.36. The van der Waals surface area contributed by atoms with Crippen molar-refractivity contribution in [2.45, 2.75) is 0 Å². The number of carbonyl (C=O) groups excluding carboxylic acids is 1. The van der Waals surface area contributed by atoms with Gasteiger partial charge >= 0.3 is 0 Å². The molecule has 0 bridgehead atoms. The van der Waals surface area contributed by atoms with Crippen LogP contribution in [0.25, 0.3) is 0 Å². The third kappa shape index (κ3) is 3.42. The molecule has 0 atom stereocenters. The summed E-state index contributed by atoms with van der Waals surface area (Å²) in [6.07, 6.45) is 1.40. The number of nitrogens with zero attached hydrogens (tertiary/aromatic N) is 1. The number of nitrogens with one attached hydrogen (secondary N) is 2. The van der Waals surface area contributed by atoms with E-state index in [1.54, 1.807) is 17.4 Å². The summed E-state index contributed by atoms with van der Waals surface area (Å²) in [7, 11) is 0. The smallest absolute Gasteiger partial charge is 0.263 e. The molecular weight excluding hydrogens is 341 g/mol. The zero-order valence-corrected chi connectivity index (χ0v) is 11.8. The van der Waals surface area contributed by atoms with Gasteiger partial charge in [0.15, 0.2) is 28.4 Å². The van der Waals surface area contributed by atoms with E-state index in [9.17, 15) is 26.7 Å². The van der Waals surface area contributed by atoms with Gasteiger partial charge in [0.05, 0.1) is 0 Å². The molecule has 0 saturated heterocycles. The summed E-state index contributed by atoms with van der Waals surface area (Å²) in [5, 5.41) is 3.78. The molecule has 0 aliphatic rings. The number of benzene rings is 1. The predicted molar refractivity (Wildman–Crippen MR) is 74.2 cm³/mol. The Balaban J connectivity index is 2.23. The molecule has 0 saturated carbocycles. The van der Waals surface area contributed by atoms with Gasteiger partial charge in [-0.15, -0.1) is 0 Å². The Morgan fingerprint density at radius 2 is 1.52 bits per heavy atom. The lowest BCUT2D eigenvalue weighted by atomic mass is 10.1. The molecule has 1 aromatic carbocycles. The van der Waals surface area contributed by atoms with Crippen LogP contribution in [0, 0.1) is 29.1 Å². The molecule has 2 N–H and O–H groups in total. The zero-order chi connectivity index (χ0) is 17.1. The molecular formula is C13H6F5N3OS. The maximum Gasteiger partial charge on any atom is 0.263 e. The third-order valence-electron chi connectivity index (χ3n) is 2.57. The maximum atomic E-state index is 13.5. The number of anilines is 1. The lowest BCUT2D eigenvalue weighted by Crippen LogP contribution is -2.36. The first-order valence-corrected chi connectivity index (χ1v) is 6.28. The van der Waals surface area contributed by atoms with Gasteiger partial charge < -0.3 is 5.32 Å². The summed E-state index contributed by atoms with van der Waals surface area (Å²) in [5.74, 6) is -12.7. The highest BCUT2D eigenvalue weighted by atomic mass is 32.1. The number of hydrogen-bond acceptors (Lipinski definition) is 3. The minimum absolute atomic E-state index is 0.204. The third-order valence-corrected chi connectivity index (χ3v) is 2.77. The zero-order valence-electron chi connectivity index (χ0n) is 11.0. The van der Waals surface area contributed by atoms with E-state index in [1.165, 1.54) is 12.3 Å². The number of amides is 1. The van der Waals surface area contributed by atoms with Crippen molar-refractivity contribution in [1.29, 1.82) is 0 Å². The first kappa shape index (κ1) is 16.7. The topological polar surface area (TPSA) is 54.0 Å². The van der Waals surface area contributed by atoms with E-state index in [1.807, 2.05) is 0 Å². The highest BCUT2D eigenvalue weighted by Gasteiger charge is 2.30. The van der Waals surface area contributed by atoms with Gasteiger partial charge in [0.1, 0.15) is 11.4 Å². The molecule has 0 aliphatic carbocycles. The second-order valence-corrected chi connectivity index (χ2v) is 4.48. The van der Waals surface area contributed by atoms with Crippen LogP contribution in [-0.4, -0.2) is 16.0 Å².